The zero-order valence-corrected chi connectivity index (χ0v) is 12.0. The van der Waals surface area contributed by atoms with Crippen LogP contribution < -0.4 is 5.56 Å². The summed E-state index contributed by atoms with van der Waals surface area (Å²) >= 11 is 1.49. The van der Waals surface area contributed by atoms with E-state index in [0.29, 0.717) is 12.1 Å². The molecule has 3 rings (SSSR count). The Hall–Kier alpha value is -2.48. The summed E-state index contributed by atoms with van der Waals surface area (Å²) in [6, 6.07) is 1.72. The van der Waals surface area contributed by atoms with Gasteiger partial charge >= 0.3 is 5.97 Å². The van der Waals surface area contributed by atoms with Gasteiger partial charge in [-0.2, -0.15) is 5.10 Å². The molecule has 3 aromatic heterocycles. The lowest BCUT2D eigenvalue weighted by molar-refractivity contribution is 0.0507. The summed E-state index contributed by atoms with van der Waals surface area (Å²) in [6.07, 6.45) is 3.69. The zero-order chi connectivity index (χ0) is 14.8. The molecule has 0 unspecified atom stereocenters. The van der Waals surface area contributed by atoms with Crippen molar-refractivity contribution in [2.45, 2.75) is 13.3 Å². The molecule has 0 atom stereocenters. The van der Waals surface area contributed by atoms with Gasteiger partial charge in [-0.15, -0.1) is 11.3 Å². The van der Waals surface area contributed by atoms with E-state index in [-0.39, 0.29) is 12.2 Å². The highest BCUT2D eigenvalue weighted by Gasteiger charge is 2.14. The number of esters is 1. The molecular formula is C13H12N4O3S. The summed E-state index contributed by atoms with van der Waals surface area (Å²) in [7, 11) is 0. The van der Waals surface area contributed by atoms with Crippen molar-refractivity contribution in [3.63, 3.8) is 0 Å². The quantitative estimate of drug-likeness (QED) is 0.731. The van der Waals surface area contributed by atoms with Gasteiger partial charge in [0, 0.05) is 23.6 Å². The molecule has 1 N–H and O–H groups in total. The number of H-pyrrole nitrogens is 1. The molecule has 3 aromatic rings. The van der Waals surface area contributed by atoms with Gasteiger partial charge in [-0.1, -0.05) is 0 Å². The van der Waals surface area contributed by atoms with E-state index in [9.17, 15) is 9.59 Å². The predicted octanol–water partition coefficient (Wildman–Crippen LogP) is 1.19. The summed E-state index contributed by atoms with van der Waals surface area (Å²) in [6.45, 7) is 2.01. The van der Waals surface area contributed by atoms with E-state index < -0.39 is 11.5 Å². The standard InChI is InChI=1S/C13H12N4O3S/c1-8-4-11-15-12(18)10(6-17(11)16-8)13(19)20-3-2-9-5-14-7-21-9/h4-7H,2-3H2,1H3,(H,15,18). The Morgan fingerprint density at radius 2 is 2.38 bits per heavy atom. The van der Waals surface area contributed by atoms with Gasteiger partial charge in [-0.3, -0.25) is 9.78 Å². The first-order valence-electron chi connectivity index (χ1n) is 6.27. The monoisotopic (exact) mass is 304 g/mol. The number of aromatic nitrogens is 4. The van der Waals surface area contributed by atoms with Gasteiger partial charge in [0.1, 0.15) is 11.2 Å². The molecule has 0 radical (unpaired) electrons. The Bertz CT molecular complexity index is 835. The summed E-state index contributed by atoms with van der Waals surface area (Å²) in [4.78, 5) is 31.4. The van der Waals surface area contributed by atoms with Gasteiger partial charge in [0.15, 0.2) is 0 Å². The molecule has 0 spiro atoms. The van der Waals surface area contributed by atoms with Crippen molar-refractivity contribution in [3.05, 3.63) is 50.5 Å². The van der Waals surface area contributed by atoms with E-state index in [1.807, 2.05) is 0 Å². The Kier molecular flexibility index (Phi) is 3.53. The van der Waals surface area contributed by atoms with Gasteiger partial charge in [0.25, 0.3) is 5.56 Å². The minimum absolute atomic E-state index is 0.0603. The minimum atomic E-state index is -0.657. The summed E-state index contributed by atoms with van der Waals surface area (Å²) in [5.41, 5.74) is 2.47. The van der Waals surface area contributed by atoms with Gasteiger partial charge < -0.3 is 9.72 Å². The van der Waals surface area contributed by atoms with Crippen LogP contribution in [0, 0.1) is 6.92 Å². The van der Waals surface area contributed by atoms with Crippen LogP contribution >= 0.6 is 11.3 Å². The van der Waals surface area contributed by atoms with Crippen LogP contribution in [0.3, 0.4) is 0 Å². The van der Waals surface area contributed by atoms with E-state index in [2.05, 4.69) is 15.1 Å². The van der Waals surface area contributed by atoms with Gasteiger partial charge in [0.05, 0.1) is 24.0 Å². The maximum absolute atomic E-state index is 11.9. The fourth-order valence-corrected chi connectivity index (χ4v) is 2.49. The van der Waals surface area contributed by atoms with Gasteiger partial charge in [0.2, 0.25) is 0 Å². The zero-order valence-electron chi connectivity index (χ0n) is 11.2. The average Bonchev–Trinajstić information content (AvgIpc) is 3.05. The second kappa shape index (κ2) is 5.49. The summed E-state index contributed by atoms with van der Waals surface area (Å²) in [5, 5.41) is 4.15. The molecule has 0 aromatic carbocycles. The third kappa shape index (κ3) is 2.84. The second-order valence-corrected chi connectivity index (χ2v) is 5.44. The van der Waals surface area contributed by atoms with Crippen molar-refractivity contribution >= 4 is 23.0 Å². The number of hydrogen-bond donors (Lipinski definition) is 1. The van der Waals surface area contributed by atoms with Gasteiger partial charge in [-0.25, -0.2) is 9.31 Å². The molecule has 0 saturated carbocycles. The number of rotatable bonds is 4. The second-order valence-electron chi connectivity index (χ2n) is 4.47. The molecular weight excluding hydrogens is 292 g/mol. The smallest absolute Gasteiger partial charge is 0.345 e. The third-order valence-electron chi connectivity index (χ3n) is 2.88. The number of fused-ring (bicyclic) bond motifs is 1. The van der Waals surface area contributed by atoms with Crippen LogP contribution in [0.25, 0.3) is 5.65 Å². The van der Waals surface area contributed by atoms with Crippen LogP contribution in [0.15, 0.2) is 28.8 Å². The molecule has 0 aliphatic heterocycles. The number of thiazole rings is 1. The highest BCUT2D eigenvalue weighted by molar-refractivity contribution is 7.09. The number of carbonyl (C=O) groups excluding carboxylic acids is 1. The molecule has 7 nitrogen and oxygen atoms in total. The van der Waals surface area contributed by atoms with Crippen LogP contribution in [0.2, 0.25) is 0 Å². The number of nitrogens with zero attached hydrogens (tertiary/aromatic N) is 3. The summed E-state index contributed by atoms with van der Waals surface area (Å²) in [5.74, 6) is -0.657. The fraction of sp³-hybridized carbons (Fsp3) is 0.231. The molecule has 0 aliphatic carbocycles. The molecule has 8 heteroatoms. The molecule has 108 valence electrons. The number of aryl methyl sites for hydroxylation is 1. The van der Waals surface area contributed by atoms with E-state index in [1.165, 1.54) is 22.0 Å². The highest BCUT2D eigenvalue weighted by Crippen LogP contribution is 2.07. The van der Waals surface area contributed by atoms with Gasteiger partial charge in [-0.05, 0) is 6.92 Å². The summed E-state index contributed by atoms with van der Waals surface area (Å²) < 4.78 is 6.57. The molecule has 0 aliphatic rings. The van der Waals surface area contributed by atoms with Crippen molar-refractivity contribution in [1.29, 1.82) is 0 Å². The SMILES string of the molecule is Cc1cc2[nH]c(=O)c(C(=O)OCCc3cncs3)cn2n1. The van der Waals surface area contributed by atoms with Crippen molar-refractivity contribution in [2.24, 2.45) is 0 Å². The van der Waals surface area contributed by atoms with Crippen LogP contribution in [0.1, 0.15) is 20.9 Å². The van der Waals surface area contributed by atoms with E-state index in [1.54, 1.807) is 24.7 Å². The number of hydrogen-bond acceptors (Lipinski definition) is 6. The third-order valence-corrected chi connectivity index (χ3v) is 3.72. The maximum Gasteiger partial charge on any atom is 0.345 e. The first-order valence-corrected chi connectivity index (χ1v) is 7.15. The van der Waals surface area contributed by atoms with Crippen molar-refractivity contribution in [3.8, 4) is 0 Å². The maximum atomic E-state index is 11.9. The predicted molar refractivity (Wildman–Crippen MR) is 76.7 cm³/mol. The van der Waals surface area contributed by atoms with Crippen LogP contribution in [0.5, 0.6) is 0 Å². The minimum Gasteiger partial charge on any atom is -0.462 e. The molecule has 0 fully saturated rings. The Labute approximate surface area is 123 Å². The molecule has 0 amide bonds. The molecule has 21 heavy (non-hydrogen) atoms. The first kappa shape index (κ1) is 13.5. The normalized spacial score (nSPS) is 10.9. The first-order chi connectivity index (χ1) is 10.1. The van der Waals surface area contributed by atoms with Crippen molar-refractivity contribution in [1.82, 2.24) is 19.6 Å². The van der Waals surface area contributed by atoms with E-state index >= 15 is 0 Å². The van der Waals surface area contributed by atoms with Crippen molar-refractivity contribution < 1.29 is 9.53 Å². The Morgan fingerprint density at radius 1 is 1.52 bits per heavy atom. The van der Waals surface area contributed by atoms with E-state index in [4.69, 9.17) is 4.74 Å². The lowest BCUT2D eigenvalue weighted by Crippen LogP contribution is -2.21. The fourth-order valence-electron chi connectivity index (χ4n) is 1.91. The lowest BCUT2D eigenvalue weighted by Gasteiger charge is -2.03. The largest absolute Gasteiger partial charge is 0.462 e. The highest BCUT2D eigenvalue weighted by atomic mass is 32.1. The van der Waals surface area contributed by atoms with Crippen LogP contribution in [0.4, 0.5) is 0 Å². The van der Waals surface area contributed by atoms with Crippen molar-refractivity contribution in [2.75, 3.05) is 6.61 Å². The Balaban J connectivity index is 1.74. The Morgan fingerprint density at radius 3 is 3.14 bits per heavy atom. The van der Waals surface area contributed by atoms with E-state index in [0.717, 1.165) is 10.6 Å². The average molecular weight is 304 g/mol. The molecule has 0 saturated heterocycles. The van der Waals surface area contributed by atoms with Crippen LogP contribution in [-0.4, -0.2) is 32.2 Å². The number of nitrogens with one attached hydrogen (secondary N) is 1. The number of carbonyl (C=O) groups is 1. The van der Waals surface area contributed by atoms with Crippen LogP contribution in [-0.2, 0) is 11.2 Å². The number of aromatic amines is 1. The number of ether oxygens (including phenoxy) is 1. The molecule has 0 bridgehead atoms. The molecule has 3 heterocycles. The lowest BCUT2D eigenvalue weighted by atomic mass is 10.3. The topological polar surface area (TPSA) is 89.3 Å².